The second-order valence-electron chi connectivity index (χ2n) is 4.05. The summed E-state index contributed by atoms with van der Waals surface area (Å²) < 4.78 is 5.55. The normalized spacial score (nSPS) is 25.0. The summed E-state index contributed by atoms with van der Waals surface area (Å²) in [6.07, 6.45) is 1.16. The van der Waals surface area contributed by atoms with Crippen LogP contribution in [0.5, 0.6) is 0 Å². The highest BCUT2D eigenvalue weighted by Crippen LogP contribution is 2.28. The number of hydrogen-bond donors (Lipinski definition) is 2. The standard InChI is InChI=1S/C10H15ClN4O2/c1-6-2-15(3-7(4-16)17-6)10-8(11)9(12)13-5-14-10/h5-7,16H,2-4H2,1H3,(H2,12,13,14)/t6-,7+/m0/s1. The number of anilines is 2. The first-order valence-electron chi connectivity index (χ1n) is 5.39. The van der Waals surface area contributed by atoms with E-state index >= 15 is 0 Å². The van der Waals surface area contributed by atoms with Gasteiger partial charge in [0.15, 0.2) is 5.82 Å². The first-order valence-corrected chi connectivity index (χ1v) is 5.77. The number of aromatic nitrogens is 2. The predicted octanol–water partition coefficient (Wildman–Crippen LogP) is 0.298. The number of hydrogen-bond acceptors (Lipinski definition) is 6. The highest BCUT2D eigenvalue weighted by Gasteiger charge is 2.27. The zero-order valence-corrected chi connectivity index (χ0v) is 10.3. The molecule has 7 heteroatoms. The van der Waals surface area contributed by atoms with Crippen LogP contribution in [0.4, 0.5) is 11.6 Å². The van der Waals surface area contributed by atoms with Crippen LogP contribution < -0.4 is 10.6 Å². The van der Waals surface area contributed by atoms with Crippen molar-refractivity contribution in [2.45, 2.75) is 19.1 Å². The molecule has 2 rings (SSSR count). The quantitative estimate of drug-likeness (QED) is 0.794. The molecular weight excluding hydrogens is 244 g/mol. The van der Waals surface area contributed by atoms with E-state index in [0.717, 1.165) is 0 Å². The fraction of sp³-hybridized carbons (Fsp3) is 0.600. The Labute approximate surface area is 104 Å². The van der Waals surface area contributed by atoms with E-state index in [2.05, 4.69) is 9.97 Å². The number of morpholine rings is 1. The minimum Gasteiger partial charge on any atom is -0.394 e. The fourth-order valence-electron chi connectivity index (χ4n) is 1.91. The van der Waals surface area contributed by atoms with Gasteiger partial charge in [-0.05, 0) is 6.92 Å². The van der Waals surface area contributed by atoms with Crippen molar-refractivity contribution in [2.75, 3.05) is 30.3 Å². The average molecular weight is 259 g/mol. The van der Waals surface area contributed by atoms with Crippen LogP contribution in [0.3, 0.4) is 0 Å². The molecule has 0 spiro atoms. The maximum Gasteiger partial charge on any atom is 0.153 e. The summed E-state index contributed by atoms with van der Waals surface area (Å²) in [7, 11) is 0. The maximum atomic E-state index is 9.16. The van der Waals surface area contributed by atoms with Crippen molar-refractivity contribution < 1.29 is 9.84 Å². The Balaban J connectivity index is 2.23. The zero-order chi connectivity index (χ0) is 12.4. The van der Waals surface area contributed by atoms with Crippen LogP contribution in [-0.2, 0) is 4.74 Å². The number of nitrogens with two attached hydrogens (primary N) is 1. The molecule has 1 fully saturated rings. The molecule has 1 aliphatic rings. The molecular formula is C10H15ClN4O2. The number of aliphatic hydroxyl groups is 1. The lowest BCUT2D eigenvalue weighted by Gasteiger charge is -2.37. The lowest BCUT2D eigenvalue weighted by molar-refractivity contribution is -0.0423. The van der Waals surface area contributed by atoms with Crippen LogP contribution in [-0.4, -0.2) is 47.0 Å². The van der Waals surface area contributed by atoms with E-state index in [4.69, 9.17) is 27.2 Å². The smallest absolute Gasteiger partial charge is 0.153 e. The van der Waals surface area contributed by atoms with Crippen molar-refractivity contribution in [2.24, 2.45) is 0 Å². The Morgan fingerprint density at radius 2 is 2.35 bits per heavy atom. The van der Waals surface area contributed by atoms with Crippen LogP contribution in [0.1, 0.15) is 6.92 Å². The summed E-state index contributed by atoms with van der Waals surface area (Å²) in [4.78, 5) is 9.91. The molecule has 0 aromatic carbocycles. The average Bonchev–Trinajstić information content (AvgIpc) is 2.31. The van der Waals surface area contributed by atoms with Crippen LogP contribution in [0, 0.1) is 0 Å². The molecule has 0 radical (unpaired) electrons. The van der Waals surface area contributed by atoms with Gasteiger partial charge in [0.05, 0.1) is 18.8 Å². The van der Waals surface area contributed by atoms with Gasteiger partial charge in [-0.15, -0.1) is 0 Å². The predicted molar refractivity (Wildman–Crippen MR) is 65.1 cm³/mol. The van der Waals surface area contributed by atoms with Crippen molar-refractivity contribution in [3.8, 4) is 0 Å². The zero-order valence-electron chi connectivity index (χ0n) is 9.51. The summed E-state index contributed by atoms with van der Waals surface area (Å²) in [5.41, 5.74) is 5.64. The highest BCUT2D eigenvalue weighted by atomic mass is 35.5. The van der Waals surface area contributed by atoms with Gasteiger partial charge in [-0.1, -0.05) is 11.6 Å². The molecule has 0 saturated carbocycles. The van der Waals surface area contributed by atoms with Gasteiger partial charge in [0.2, 0.25) is 0 Å². The van der Waals surface area contributed by atoms with Crippen molar-refractivity contribution in [3.05, 3.63) is 11.3 Å². The van der Waals surface area contributed by atoms with Gasteiger partial charge in [0.25, 0.3) is 0 Å². The van der Waals surface area contributed by atoms with Gasteiger partial charge in [-0.3, -0.25) is 0 Å². The monoisotopic (exact) mass is 258 g/mol. The first kappa shape index (κ1) is 12.3. The molecule has 1 aliphatic heterocycles. The Morgan fingerprint density at radius 3 is 3.06 bits per heavy atom. The largest absolute Gasteiger partial charge is 0.394 e. The number of halogens is 1. The van der Waals surface area contributed by atoms with Crippen LogP contribution in [0.25, 0.3) is 0 Å². The first-order chi connectivity index (χ1) is 8.11. The third kappa shape index (κ3) is 2.59. The molecule has 0 unspecified atom stereocenters. The van der Waals surface area contributed by atoms with E-state index in [1.54, 1.807) is 0 Å². The van der Waals surface area contributed by atoms with E-state index in [-0.39, 0.29) is 24.6 Å². The lowest BCUT2D eigenvalue weighted by atomic mass is 10.2. The fourth-order valence-corrected chi connectivity index (χ4v) is 2.13. The summed E-state index contributed by atoms with van der Waals surface area (Å²) >= 11 is 6.07. The molecule has 1 aromatic rings. The van der Waals surface area contributed by atoms with Crippen LogP contribution in [0.15, 0.2) is 6.33 Å². The molecule has 94 valence electrons. The van der Waals surface area contributed by atoms with E-state index in [1.807, 2.05) is 11.8 Å². The molecule has 6 nitrogen and oxygen atoms in total. The molecule has 2 atom stereocenters. The Hall–Kier alpha value is -1.11. The number of ether oxygens (including phenoxy) is 1. The lowest BCUT2D eigenvalue weighted by Crippen LogP contribution is -2.48. The summed E-state index contributed by atoms with van der Waals surface area (Å²) in [6.45, 7) is 3.11. The van der Waals surface area contributed by atoms with Crippen LogP contribution in [0.2, 0.25) is 5.02 Å². The van der Waals surface area contributed by atoms with Gasteiger partial charge in [-0.25, -0.2) is 9.97 Å². The van der Waals surface area contributed by atoms with Crippen molar-refractivity contribution in [1.29, 1.82) is 0 Å². The second kappa shape index (κ2) is 5.03. The summed E-state index contributed by atoms with van der Waals surface area (Å²) in [5, 5.41) is 9.50. The molecule has 17 heavy (non-hydrogen) atoms. The van der Waals surface area contributed by atoms with Crippen molar-refractivity contribution in [3.63, 3.8) is 0 Å². The highest BCUT2D eigenvalue weighted by molar-refractivity contribution is 6.35. The van der Waals surface area contributed by atoms with Crippen LogP contribution >= 0.6 is 11.6 Å². The van der Waals surface area contributed by atoms with Crippen molar-refractivity contribution >= 4 is 23.2 Å². The molecule has 1 saturated heterocycles. The third-order valence-corrected chi connectivity index (χ3v) is 2.99. The SMILES string of the molecule is C[C@H]1CN(c2ncnc(N)c2Cl)C[C@H](CO)O1. The van der Waals surface area contributed by atoms with Gasteiger partial charge in [0, 0.05) is 13.1 Å². The molecule has 0 amide bonds. The molecule has 0 bridgehead atoms. The van der Waals surface area contributed by atoms with Gasteiger partial charge < -0.3 is 20.5 Å². The number of rotatable bonds is 2. The molecule has 1 aromatic heterocycles. The topological polar surface area (TPSA) is 84.5 Å². The van der Waals surface area contributed by atoms with E-state index in [1.165, 1.54) is 6.33 Å². The minimum absolute atomic E-state index is 0.00755. The molecule has 0 aliphatic carbocycles. The second-order valence-corrected chi connectivity index (χ2v) is 4.43. The van der Waals surface area contributed by atoms with E-state index in [9.17, 15) is 0 Å². The van der Waals surface area contributed by atoms with Crippen molar-refractivity contribution in [1.82, 2.24) is 9.97 Å². The Morgan fingerprint density at radius 1 is 1.59 bits per heavy atom. The third-order valence-electron chi connectivity index (χ3n) is 2.63. The minimum atomic E-state index is -0.231. The summed E-state index contributed by atoms with van der Waals surface area (Å²) in [5.74, 6) is 0.851. The van der Waals surface area contributed by atoms with Gasteiger partial charge in [-0.2, -0.15) is 0 Å². The molecule has 3 N–H and O–H groups in total. The van der Waals surface area contributed by atoms with E-state index < -0.39 is 0 Å². The van der Waals surface area contributed by atoms with Gasteiger partial charge >= 0.3 is 0 Å². The summed E-state index contributed by atoms with van der Waals surface area (Å²) in [6, 6.07) is 0. The maximum absolute atomic E-state index is 9.16. The Kier molecular flexibility index (Phi) is 3.66. The van der Waals surface area contributed by atoms with E-state index in [0.29, 0.717) is 23.9 Å². The number of nitrogen functional groups attached to an aromatic ring is 1. The number of nitrogens with zero attached hydrogens (tertiary/aromatic N) is 3. The Bertz CT molecular complexity index is 404. The molecule has 2 heterocycles. The van der Waals surface area contributed by atoms with Gasteiger partial charge in [0.1, 0.15) is 17.2 Å². The number of aliphatic hydroxyl groups excluding tert-OH is 1.